The lowest BCUT2D eigenvalue weighted by Crippen LogP contribution is -2.47. The van der Waals surface area contributed by atoms with Gasteiger partial charge in [-0.1, -0.05) is 47.0 Å². The number of carbonyl (C=O) groups excluding carboxylic acids is 3. The molecule has 0 aromatic heterocycles. The van der Waals surface area contributed by atoms with Crippen LogP contribution < -0.4 is 10.6 Å². The fraction of sp³-hybridized carbons (Fsp3) is 0.719. The van der Waals surface area contributed by atoms with E-state index in [9.17, 15) is 14.4 Å². The highest BCUT2D eigenvalue weighted by Crippen LogP contribution is 2.45. The van der Waals surface area contributed by atoms with Gasteiger partial charge in [0.15, 0.2) is 5.78 Å². The molecular formula is C32H48N4O4. The molecule has 0 unspecified atom stereocenters. The molecule has 3 saturated heterocycles. The quantitative estimate of drug-likeness (QED) is 0.553. The average Bonchev–Trinajstić information content (AvgIpc) is 3.50. The highest BCUT2D eigenvalue weighted by molar-refractivity contribution is 5.99. The maximum atomic E-state index is 14.7. The Bertz CT molecular complexity index is 1100. The van der Waals surface area contributed by atoms with Crippen LogP contribution in [-0.4, -0.2) is 85.4 Å². The number of benzene rings is 1. The van der Waals surface area contributed by atoms with Crippen LogP contribution in [0.1, 0.15) is 88.1 Å². The van der Waals surface area contributed by atoms with Gasteiger partial charge in [0.2, 0.25) is 11.8 Å². The monoisotopic (exact) mass is 552 g/mol. The number of piperazine rings is 1. The Kier molecular flexibility index (Phi) is 8.58. The number of rotatable bonds is 7. The molecule has 8 heteroatoms. The number of nitrogens with two attached hydrogens (primary N) is 1. The molecule has 3 aliphatic heterocycles. The summed E-state index contributed by atoms with van der Waals surface area (Å²) in [5.74, 6) is -0.880. The van der Waals surface area contributed by atoms with Crippen LogP contribution in [0.15, 0.2) is 18.2 Å². The second-order valence-corrected chi connectivity index (χ2v) is 13.5. The lowest BCUT2D eigenvalue weighted by atomic mass is 9.74. The Morgan fingerprint density at radius 1 is 1.07 bits per heavy atom. The molecule has 5 rings (SSSR count). The van der Waals surface area contributed by atoms with Crippen LogP contribution in [0.3, 0.4) is 0 Å². The predicted octanol–water partition coefficient (Wildman–Crippen LogP) is 3.82. The van der Waals surface area contributed by atoms with E-state index >= 15 is 0 Å². The van der Waals surface area contributed by atoms with E-state index in [0.717, 1.165) is 82.5 Å². The van der Waals surface area contributed by atoms with Gasteiger partial charge in [-0.05, 0) is 60.9 Å². The van der Waals surface area contributed by atoms with Crippen molar-refractivity contribution >= 4 is 23.3 Å². The van der Waals surface area contributed by atoms with Crippen molar-refractivity contribution in [2.24, 2.45) is 23.0 Å². The minimum Gasteiger partial charge on any atom is -0.369 e. The number of hydrogen-bond donors (Lipinski definition) is 1. The molecular weight excluding hydrogens is 504 g/mol. The van der Waals surface area contributed by atoms with Gasteiger partial charge in [0.1, 0.15) is 12.6 Å². The standard InChI is InChI=1S/C32H48N4O4/c1-5-13-34-14-16-35(17-15-34)22-11-12-23(30(33)38)24(18-22)27(21-9-7-6-8-10-21)31(39)36-19-25(32(2,3)4)29-28(36)26(37)20-40-29/h11-12,18,21,25,27-29H,5-10,13-17,19-20H2,1-4H3,(H2,33,38)/t25-,27+,28-,29-/m1/s1. The topological polar surface area (TPSA) is 96.2 Å². The van der Waals surface area contributed by atoms with E-state index in [1.54, 1.807) is 0 Å². The molecule has 0 bridgehead atoms. The number of ether oxygens (including phenoxy) is 1. The summed E-state index contributed by atoms with van der Waals surface area (Å²) in [7, 11) is 0. The number of fused-ring (bicyclic) bond motifs is 1. The summed E-state index contributed by atoms with van der Waals surface area (Å²) in [5.41, 5.74) is 8.03. The average molecular weight is 553 g/mol. The largest absolute Gasteiger partial charge is 0.369 e. The molecule has 40 heavy (non-hydrogen) atoms. The number of hydrogen-bond acceptors (Lipinski definition) is 6. The smallest absolute Gasteiger partial charge is 0.249 e. The predicted molar refractivity (Wildman–Crippen MR) is 156 cm³/mol. The second-order valence-electron chi connectivity index (χ2n) is 13.5. The summed E-state index contributed by atoms with van der Waals surface area (Å²) in [5, 5.41) is 0. The van der Waals surface area contributed by atoms with Crippen molar-refractivity contribution in [1.82, 2.24) is 9.80 Å². The molecule has 1 aromatic carbocycles. The molecule has 1 aromatic rings. The Labute approximate surface area is 239 Å². The summed E-state index contributed by atoms with van der Waals surface area (Å²) in [6.45, 7) is 14.2. The van der Waals surface area contributed by atoms with Crippen LogP contribution in [-0.2, 0) is 14.3 Å². The van der Waals surface area contributed by atoms with Gasteiger partial charge in [0.05, 0.1) is 12.0 Å². The Morgan fingerprint density at radius 2 is 1.77 bits per heavy atom. The van der Waals surface area contributed by atoms with Gasteiger partial charge < -0.3 is 20.3 Å². The van der Waals surface area contributed by atoms with Crippen LogP contribution in [0.25, 0.3) is 0 Å². The third-order valence-electron chi connectivity index (χ3n) is 9.88. The summed E-state index contributed by atoms with van der Waals surface area (Å²) in [6.07, 6.45) is 6.04. The first-order valence-electron chi connectivity index (χ1n) is 15.5. The Balaban J connectivity index is 1.52. The number of anilines is 1. The van der Waals surface area contributed by atoms with Gasteiger partial charge in [-0.25, -0.2) is 0 Å². The summed E-state index contributed by atoms with van der Waals surface area (Å²) < 4.78 is 6.00. The molecule has 2 amide bonds. The number of likely N-dealkylation sites (tertiary alicyclic amines) is 1. The van der Waals surface area contributed by atoms with Crippen molar-refractivity contribution in [3.63, 3.8) is 0 Å². The van der Waals surface area contributed by atoms with Gasteiger partial charge in [0.25, 0.3) is 0 Å². The molecule has 0 radical (unpaired) electrons. The van der Waals surface area contributed by atoms with Gasteiger partial charge in [-0.15, -0.1) is 0 Å². The van der Waals surface area contributed by atoms with Crippen molar-refractivity contribution in [1.29, 1.82) is 0 Å². The van der Waals surface area contributed by atoms with E-state index in [1.807, 2.05) is 17.0 Å². The summed E-state index contributed by atoms with van der Waals surface area (Å²) >= 11 is 0. The number of primary amides is 1. The SMILES string of the molecule is CCCN1CCN(c2ccc(C(N)=O)c([C@@H](C(=O)N3C[C@@H](C(C)(C)C)[C@H]4OCC(=O)[C@H]43)C3CCCCC3)c2)CC1. The fourth-order valence-corrected chi connectivity index (χ4v) is 7.66. The molecule has 0 spiro atoms. The van der Waals surface area contributed by atoms with Gasteiger partial charge in [0, 0.05) is 49.9 Å². The molecule has 4 aliphatic rings. The zero-order chi connectivity index (χ0) is 28.6. The van der Waals surface area contributed by atoms with Crippen molar-refractivity contribution in [2.45, 2.75) is 84.3 Å². The lowest BCUT2D eigenvalue weighted by molar-refractivity contribution is -0.139. The molecule has 1 saturated carbocycles. The van der Waals surface area contributed by atoms with E-state index in [-0.39, 0.29) is 41.7 Å². The minimum absolute atomic E-state index is 0.0127. The van der Waals surface area contributed by atoms with Crippen LogP contribution in [0.2, 0.25) is 0 Å². The van der Waals surface area contributed by atoms with Crippen LogP contribution in [0, 0.1) is 17.3 Å². The van der Waals surface area contributed by atoms with Crippen molar-refractivity contribution < 1.29 is 19.1 Å². The Morgan fingerprint density at radius 3 is 2.40 bits per heavy atom. The highest BCUT2D eigenvalue weighted by atomic mass is 16.5. The fourth-order valence-electron chi connectivity index (χ4n) is 7.66. The zero-order valence-electron chi connectivity index (χ0n) is 24.9. The van der Waals surface area contributed by atoms with Crippen LogP contribution in [0.4, 0.5) is 5.69 Å². The molecule has 220 valence electrons. The molecule has 4 atom stereocenters. The summed E-state index contributed by atoms with van der Waals surface area (Å²) in [6, 6.07) is 5.32. The molecule has 3 heterocycles. The van der Waals surface area contributed by atoms with Gasteiger partial charge in [-0.2, -0.15) is 0 Å². The number of ketones is 1. The lowest BCUT2D eigenvalue weighted by Gasteiger charge is -2.38. The number of Topliss-reactive ketones (excluding diaryl/α,β-unsaturated/α-hetero) is 1. The first-order valence-corrected chi connectivity index (χ1v) is 15.5. The maximum Gasteiger partial charge on any atom is 0.249 e. The van der Waals surface area contributed by atoms with E-state index < -0.39 is 17.9 Å². The van der Waals surface area contributed by atoms with Gasteiger partial charge in [-0.3, -0.25) is 19.3 Å². The third kappa shape index (κ3) is 5.67. The van der Waals surface area contributed by atoms with E-state index in [0.29, 0.717) is 12.1 Å². The van der Waals surface area contributed by atoms with Crippen molar-refractivity contribution in [3.8, 4) is 0 Å². The van der Waals surface area contributed by atoms with Gasteiger partial charge >= 0.3 is 0 Å². The zero-order valence-corrected chi connectivity index (χ0v) is 24.9. The summed E-state index contributed by atoms with van der Waals surface area (Å²) in [4.78, 5) is 47.3. The molecule has 2 N–H and O–H groups in total. The van der Waals surface area contributed by atoms with E-state index in [2.05, 4.69) is 43.6 Å². The van der Waals surface area contributed by atoms with Crippen molar-refractivity contribution in [2.75, 3.05) is 50.8 Å². The number of amides is 2. The van der Waals surface area contributed by atoms with Crippen LogP contribution >= 0.6 is 0 Å². The number of carbonyl (C=O) groups is 3. The minimum atomic E-state index is -0.547. The molecule has 4 fully saturated rings. The second kappa shape index (κ2) is 11.8. The third-order valence-corrected chi connectivity index (χ3v) is 9.88. The van der Waals surface area contributed by atoms with E-state index in [4.69, 9.17) is 10.5 Å². The van der Waals surface area contributed by atoms with Crippen LogP contribution in [0.5, 0.6) is 0 Å². The molecule has 8 nitrogen and oxygen atoms in total. The van der Waals surface area contributed by atoms with E-state index in [1.165, 1.54) is 0 Å². The Hall–Kier alpha value is -2.45. The first-order chi connectivity index (χ1) is 19.1. The normalized spacial score (nSPS) is 27.2. The first kappa shape index (κ1) is 29.1. The highest BCUT2D eigenvalue weighted by Gasteiger charge is 2.56. The maximum absolute atomic E-state index is 14.7. The number of nitrogens with zero attached hydrogens (tertiary/aromatic N) is 3. The molecule has 1 aliphatic carbocycles. The van der Waals surface area contributed by atoms with Crippen molar-refractivity contribution in [3.05, 3.63) is 29.3 Å².